The Hall–Kier alpha value is -1.05. The second-order valence-corrected chi connectivity index (χ2v) is 6.36. The summed E-state index contributed by atoms with van der Waals surface area (Å²) < 4.78 is 1.09. The van der Waals surface area contributed by atoms with Crippen molar-refractivity contribution in [1.29, 1.82) is 5.26 Å². The molecule has 0 aliphatic heterocycles. The summed E-state index contributed by atoms with van der Waals surface area (Å²) >= 11 is 3.57. The van der Waals surface area contributed by atoms with Gasteiger partial charge in [-0.1, -0.05) is 22.9 Å². The lowest BCUT2D eigenvalue weighted by atomic mass is 10.0. The molecule has 0 aromatic heterocycles. The molecule has 0 amide bonds. The molecular weight excluding hydrogens is 326 g/mol. The minimum absolute atomic E-state index is 0.0281. The van der Waals surface area contributed by atoms with Gasteiger partial charge in [0, 0.05) is 29.3 Å². The van der Waals surface area contributed by atoms with Crippen LogP contribution in [-0.4, -0.2) is 19.6 Å². The fourth-order valence-electron chi connectivity index (χ4n) is 2.40. The number of hydrogen-bond acceptors (Lipinski definition) is 3. The van der Waals surface area contributed by atoms with Crippen molar-refractivity contribution in [3.05, 3.63) is 28.2 Å². The quantitative estimate of drug-likeness (QED) is 0.749. The molecule has 0 bridgehead atoms. The second-order valence-electron chi connectivity index (χ2n) is 5.45. The number of nitrogens with one attached hydrogen (secondary N) is 1. The molecule has 1 aromatic rings. The van der Waals surface area contributed by atoms with Crippen molar-refractivity contribution in [1.82, 2.24) is 5.32 Å². The summed E-state index contributed by atoms with van der Waals surface area (Å²) in [4.78, 5) is 2.29. The van der Waals surface area contributed by atoms with Crippen LogP contribution in [0.4, 0.5) is 5.69 Å². The van der Waals surface area contributed by atoms with Gasteiger partial charge in [0.25, 0.3) is 0 Å². The van der Waals surface area contributed by atoms with Crippen molar-refractivity contribution in [3.63, 3.8) is 0 Å². The van der Waals surface area contributed by atoms with Crippen molar-refractivity contribution in [2.75, 3.05) is 24.5 Å². The molecule has 21 heavy (non-hydrogen) atoms. The molecule has 1 aromatic carbocycles. The lowest BCUT2D eigenvalue weighted by Crippen LogP contribution is -2.30. The predicted octanol–water partition coefficient (Wildman–Crippen LogP) is 4.50. The highest BCUT2D eigenvalue weighted by molar-refractivity contribution is 9.10. The fourth-order valence-corrected chi connectivity index (χ4v) is 2.78. The molecule has 116 valence electrons. The fraction of sp³-hybridized carbons (Fsp3) is 0.588. The van der Waals surface area contributed by atoms with Crippen molar-refractivity contribution in [2.24, 2.45) is 5.92 Å². The SMILES string of the molecule is CCCNC(C)c1cc(Br)ccc1N(CC)CC(C)C#N. The number of halogens is 1. The van der Waals surface area contributed by atoms with E-state index in [2.05, 4.69) is 71.2 Å². The van der Waals surface area contributed by atoms with Gasteiger partial charge >= 0.3 is 0 Å². The number of rotatable bonds is 8. The van der Waals surface area contributed by atoms with Crippen LogP contribution in [-0.2, 0) is 0 Å². The Bertz CT molecular complexity index is 481. The third-order valence-corrected chi connectivity index (χ3v) is 4.09. The summed E-state index contributed by atoms with van der Waals surface area (Å²) in [5.41, 5.74) is 2.50. The van der Waals surface area contributed by atoms with Crippen LogP contribution >= 0.6 is 15.9 Å². The summed E-state index contributed by atoms with van der Waals surface area (Å²) in [7, 11) is 0. The van der Waals surface area contributed by atoms with Gasteiger partial charge in [0.15, 0.2) is 0 Å². The molecule has 0 saturated heterocycles. The van der Waals surface area contributed by atoms with E-state index in [1.807, 2.05) is 6.92 Å². The number of nitriles is 1. The molecule has 0 heterocycles. The van der Waals surface area contributed by atoms with Crippen LogP contribution in [0.5, 0.6) is 0 Å². The molecule has 0 aliphatic carbocycles. The Morgan fingerprint density at radius 1 is 1.33 bits per heavy atom. The summed E-state index contributed by atoms with van der Waals surface area (Å²) in [5.74, 6) is 0.0281. The maximum absolute atomic E-state index is 9.07. The van der Waals surface area contributed by atoms with E-state index in [1.54, 1.807) is 0 Å². The predicted molar refractivity (Wildman–Crippen MR) is 93.5 cm³/mol. The summed E-state index contributed by atoms with van der Waals surface area (Å²) in [5, 5.41) is 12.6. The van der Waals surface area contributed by atoms with E-state index in [-0.39, 0.29) is 5.92 Å². The van der Waals surface area contributed by atoms with Crippen LogP contribution in [0.2, 0.25) is 0 Å². The first kappa shape index (κ1) is 18.0. The van der Waals surface area contributed by atoms with Crippen molar-refractivity contribution in [2.45, 2.75) is 40.2 Å². The van der Waals surface area contributed by atoms with Crippen molar-refractivity contribution >= 4 is 21.6 Å². The average Bonchev–Trinajstić information content (AvgIpc) is 2.50. The minimum atomic E-state index is 0.0281. The van der Waals surface area contributed by atoms with E-state index in [1.165, 1.54) is 11.3 Å². The van der Waals surface area contributed by atoms with E-state index in [0.717, 1.165) is 30.5 Å². The molecule has 2 atom stereocenters. The van der Waals surface area contributed by atoms with Crippen molar-refractivity contribution < 1.29 is 0 Å². The molecule has 0 spiro atoms. The van der Waals surface area contributed by atoms with E-state index in [0.29, 0.717) is 6.04 Å². The second kappa shape index (κ2) is 9.07. The zero-order valence-electron chi connectivity index (χ0n) is 13.5. The van der Waals surface area contributed by atoms with Crippen LogP contribution < -0.4 is 10.2 Å². The van der Waals surface area contributed by atoms with Gasteiger partial charge in [-0.05, 0) is 57.5 Å². The highest BCUT2D eigenvalue weighted by atomic mass is 79.9. The Balaban J connectivity index is 3.06. The average molecular weight is 352 g/mol. The highest BCUT2D eigenvalue weighted by Gasteiger charge is 2.16. The summed E-state index contributed by atoms with van der Waals surface area (Å²) in [6.45, 7) is 11.2. The van der Waals surface area contributed by atoms with Crippen molar-refractivity contribution in [3.8, 4) is 6.07 Å². The molecule has 0 radical (unpaired) electrons. The molecule has 4 heteroatoms. The lowest BCUT2D eigenvalue weighted by Gasteiger charge is -2.29. The Morgan fingerprint density at radius 3 is 2.62 bits per heavy atom. The maximum Gasteiger partial charge on any atom is 0.0671 e. The highest BCUT2D eigenvalue weighted by Crippen LogP contribution is 2.30. The molecule has 0 saturated carbocycles. The van der Waals surface area contributed by atoms with Gasteiger partial charge in [0.1, 0.15) is 0 Å². The topological polar surface area (TPSA) is 39.1 Å². The number of hydrogen-bond donors (Lipinski definition) is 1. The van der Waals surface area contributed by atoms with E-state index >= 15 is 0 Å². The number of anilines is 1. The van der Waals surface area contributed by atoms with E-state index in [4.69, 9.17) is 5.26 Å². The van der Waals surface area contributed by atoms with E-state index in [9.17, 15) is 0 Å². The van der Waals surface area contributed by atoms with Crippen LogP contribution in [0.3, 0.4) is 0 Å². The first-order chi connectivity index (χ1) is 10.0. The third-order valence-electron chi connectivity index (χ3n) is 3.59. The van der Waals surface area contributed by atoms with E-state index < -0.39 is 0 Å². The zero-order valence-corrected chi connectivity index (χ0v) is 15.1. The van der Waals surface area contributed by atoms with Crippen LogP contribution in [0, 0.1) is 17.2 Å². The number of nitrogens with zero attached hydrogens (tertiary/aromatic N) is 2. The Morgan fingerprint density at radius 2 is 2.05 bits per heavy atom. The molecule has 2 unspecified atom stereocenters. The third kappa shape index (κ3) is 5.33. The molecule has 1 N–H and O–H groups in total. The maximum atomic E-state index is 9.07. The minimum Gasteiger partial charge on any atom is -0.370 e. The molecule has 3 nitrogen and oxygen atoms in total. The monoisotopic (exact) mass is 351 g/mol. The number of benzene rings is 1. The largest absolute Gasteiger partial charge is 0.370 e. The standard InChI is InChI=1S/C17H26BrN3/c1-5-9-20-14(4)16-10-15(18)7-8-17(16)21(6-2)12-13(3)11-19/h7-8,10,13-14,20H,5-6,9,12H2,1-4H3. The molecule has 1 rings (SSSR count). The summed E-state index contributed by atoms with van der Waals surface area (Å²) in [6, 6.07) is 9.03. The van der Waals surface area contributed by atoms with Gasteiger partial charge in [0.05, 0.1) is 12.0 Å². The van der Waals surface area contributed by atoms with Gasteiger partial charge in [0.2, 0.25) is 0 Å². The van der Waals surface area contributed by atoms with Crippen LogP contribution in [0.15, 0.2) is 22.7 Å². The van der Waals surface area contributed by atoms with Gasteiger partial charge in [-0.2, -0.15) is 5.26 Å². The van der Waals surface area contributed by atoms with Crippen LogP contribution in [0.25, 0.3) is 0 Å². The summed E-state index contributed by atoms with van der Waals surface area (Å²) in [6.07, 6.45) is 1.12. The Kier molecular flexibility index (Phi) is 7.77. The molecule has 0 fully saturated rings. The van der Waals surface area contributed by atoms with Gasteiger partial charge in [-0.25, -0.2) is 0 Å². The van der Waals surface area contributed by atoms with Crippen LogP contribution in [0.1, 0.15) is 45.7 Å². The first-order valence-electron chi connectivity index (χ1n) is 7.70. The smallest absolute Gasteiger partial charge is 0.0671 e. The van der Waals surface area contributed by atoms with Gasteiger partial charge < -0.3 is 10.2 Å². The molecule has 0 aliphatic rings. The normalized spacial score (nSPS) is 13.5. The van der Waals surface area contributed by atoms with Gasteiger partial charge in [-0.15, -0.1) is 0 Å². The lowest BCUT2D eigenvalue weighted by molar-refractivity contribution is 0.567. The first-order valence-corrected chi connectivity index (χ1v) is 8.50. The van der Waals surface area contributed by atoms with Gasteiger partial charge in [-0.3, -0.25) is 0 Å². The zero-order chi connectivity index (χ0) is 15.8. The Labute approximate surface area is 137 Å². The molecular formula is C17H26BrN3.